The molecule has 6 nitrogen and oxygen atoms in total. The van der Waals surface area contributed by atoms with Gasteiger partial charge in [-0.3, -0.25) is 0 Å². The van der Waals surface area contributed by atoms with Crippen LogP contribution in [0.2, 0.25) is 0 Å². The second kappa shape index (κ2) is 6.84. The number of rotatable bonds is 5. The molecular formula is C18H17N5O. The highest BCUT2D eigenvalue weighted by molar-refractivity contribution is 5.54. The molecule has 0 aliphatic carbocycles. The number of anilines is 1. The second-order valence-corrected chi connectivity index (χ2v) is 5.26. The fourth-order valence-electron chi connectivity index (χ4n) is 2.52. The number of pyridine rings is 1. The molecule has 3 aromatic rings. The van der Waals surface area contributed by atoms with Gasteiger partial charge in [0.1, 0.15) is 29.5 Å². The normalized spacial score (nSPS) is 11.5. The zero-order valence-corrected chi connectivity index (χ0v) is 13.5. The molecule has 120 valence electrons. The lowest BCUT2D eigenvalue weighted by molar-refractivity contribution is 0.414. The molecule has 0 saturated heterocycles. The largest absolute Gasteiger partial charge is 0.497 e. The molecule has 1 aromatic carbocycles. The lowest BCUT2D eigenvalue weighted by Gasteiger charge is -2.20. The third kappa shape index (κ3) is 3.06. The highest BCUT2D eigenvalue weighted by Gasteiger charge is 2.20. The van der Waals surface area contributed by atoms with Crippen LogP contribution in [0.25, 0.3) is 0 Å². The Hall–Kier alpha value is -3.33. The minimum Gasteiger partial charge on any atom is -0.497 e. The second-order valence-electron chi connectivity index (χ2n) is 5.26. The summed E-state index contributed by atoms with van der Waals surface area (Å²) in [6, 6.07) is 13.1. The van der Waals surface area contributed by atoms with Gasteiger partial charge in [-0.15, -0.1) is 0 Å². The Labute approximate surface area is 140 Å². The molecule has 0 radical (unpaired) electrons. The number of nitrogens with zero attached hydrogens (tertiary/aromatic N) is 4. The lowest BCUT2D eigenvalue weighted by atomic mass is 10.1. The van der Waals surface area contributed by atoms with Crippen molar-refractivity contribution in [1.29, 1.82) is 5.26 Å². The van der Waals surface area contributed by atoms with Gasteiger partial charge in [-0.1, -0.05) is 12.1 Å². The van der Waals surface area contributed by atoms with E-state index >= 15 is 0 Å². The predicted octanol–water partition coefficient (Wildman–Crippen LogP) is 2.90. The van der Waals surface area contributed by atoms with E-state index in [1.807, 2.05) is 42.1 Å². The molecule has 1 unspecified atom stereocenters. The van der Waals surface area contributed by atoms with E-state index in [2.05, 4.69) is 21.4 Å². The minimum absolute atomic E-state index is 0.262. The van der Waals surface area contributed by atoms with Gasteiger partial charge in [0.25, 0.3) is 0 Å². The molecule has 0 saturated carbocycles. The van der Waals surface area contributed by atoms with Crippen molar-refractivity contribution in [2.45, 2.75) is 6.04 Å². The summed E-state index contributed by atoms with van der Waals surface area (Å²) in [5, 5.41) is 12.6. The molecule has 0 spiro atoms. The van der Waals surface area contributed by atoms with Crippen LogP contribution < -0.4 is 10.1 Å². The molecule has 6 heteroatoms. The van der Waals surface area contributed by atoms with Crippen LogP contribution in [0.3, 0.4) is 0 Å². The first kappa shape index (κ1) is 15.6. The number of ether oxygens (including phenoxy) is 1. The number of hydrogen-bond donors (Lipinski definition) is 1. The molecule has 1 N–H and O–H groups in total. The van der Waals surface area contributed by atoms with Crippen molar-refractivity contribution < 1.29 is 4.74 Å². The SMILES string of the molecule is COc1cccc(C(Nc2ncccc2C#N)c2nccn2C)c1. The maximum absolute atomic E-state index is 9.30. The number of nitriles is 1. The van der Waals surface area contributed by atoms with Gasteiger partial charge >= 0.3 is 0 Å². The van der Waals surface area contributed by atoms with E-state index in [0.717, 1.165) is 17.1 Å². The van der Waals surface area contributed by atoms with Crippen LogP contribution in [0.15, 0.2) is 55.0 Å². The molecule has 2 aromatic heterocycles. The Kier molecular flexibility index (Phi) is 4.43. The molecular weight excluding hydrogens is 302 g/mol. The smallest absolute Gasteiger partial charge is 0.144 e. The van der Waals surface area contributed by atoms with Gasteiger partial charge in [0, 0.05) is 25.6 Å². The maximum Gasteiger partial charge on any atom is 0.144 e. The van der Waals surface area contributed by atoms with Crippen LogP contribution in [0, 0.1) is 11.3 Å². The van der Waals surface area contributed by atoms with Crippen molar-refractivity contribution in [3.63, 3.8) is 0 Å². The number of imidazole rings is 1. The van der Waals surface area contributed by atoms with Gasteiger partial charge in [0.2, 0.25) is 0 Å². The zero-order chi connectivity index (χ0) is 16.9. The third-order valence-corrected chi connectivity index (χ3v) is 3.75. The van der Waals surface area contributed by atoms with Crippen LogP contribution in [-0.4, -0.2) is 21.6 Å². The average molecular weight is 319 g/mol. The first-order valence-corrected chi connectivity index (χ1v) is 7.45. The number of methoxy groups -OCH3 is 1. The van der Waals surface area contributed by atoms with Gasteiger partial charge < -0.3 is 14.6 Å². The van der Waals surface area contributed by atoms with E-state index in [0.29, 0.717) is 11.4 Å². The molecule has 3 rings (SSSR count). The summed E-state index contributed by atoms with van der Waals surface area (Å²) in [5.41, 5.74) is 1.46. The summed E-state index contributed by atoms with van der Waals surface area (Å²) >= 11 is 0. The van der Waals surface area contributed by atoms with Gasteiger partial charge in [-0.25, -0.2) is 9.97 Å². The highest BCUT2D eigenvalue weighted by Crippen LogP contribution is 2.28. The summed E-state index contributed by atoms with van der Waals surface area (Å²) < 4.78 is 7.26. The topological polar surface area (TPSA) is 75.8 Å². The summed E-state index contributed by atoms with van der Waals surface area (Å²) in [4.78, 5) is 8.74. The summed E-state index contributed by atoms with van der Waals surface area (Å²) in [5.74, 6) is 2.10. The van der Waals surface area contributed by atoms with Crippen molar-refractivity contribution in [3.05, 3.63) is 71.9 Å². The monoisotopic (exact) mass is 319 g/mol. The van der Waals surface area contributed by atoms with Crippen molar-refractivity contribution in [2.75, 3.05) is 12.4 Å². The maximum atomic E-state index is 9.30. The van der Waals surface area contributed by atoms with E-state index in [1.54, 1.807) is 31.6 Å². The van der Waals surface area contributed by atoms with Crippen molar-refractivity contribution >= 4 is 5.82 Å². The molecule has 0 aliphatic heterocycles. The van der Waals surface area contributed by atoms with Gasteiger partial charge in [0.15, 0.2) is 0 Å². The average Bonchev–Trinajstić information content (AvgIpc) is 3.05. The third-order valence-electron chi connectivity index (χ3n) is 3.75. The lowest BCUT2D eigenvalue weighted by Crippen LogP contribution is -2.18. The van der Waals surface area contributed by atoms with Crippen LogP contribution in [0.4, 0.5) is 5.82 Å². The summed E-state index contributed by atoms with van der Waals surface area (Å²) in [7, 11) is 3.57. The Morgan fingerprint density at radius 1 is 1.21 bits per heavy atom. The molecule has 0 amide bonds. The minimum atomic E-state index is -0.262. The summed E-state index contributed by atoms with van der Waals surface area (Å²) in [6.07, 6.45) is 5.28. The Morgan fingerprint density at radius 3 is 2.79 bits per heavy atom. The zero-order valence-electron chi connectivity index (χ0n) is 13.5. The van der Waals surface area contributed by atoms with E-state index in [1.165, 1.54) is 0 Å². The van der Waals surface area contributed by atoms with E-state index in [9.17, 15) is 5.26 Å². The van der Waals surface area contributed by atoms with E-state index in [4.69, 9.17) is 4.74 Å². The highest BCUT2D eigenvalue weighted by atomic mass is 16.5. The number of aromatic nitrogens is 3. The van der Waals surface area contributed by atoms with Crippen molar-refractivity contribution in [3.8, 4) is 11.8 Å². The van der Waals surface area contributed by atoms with Crippen LogP contribution >= 0.6 is 0 Å². The number of hydrogen-bond acceptors (Lipinski definition) is 5. The van der Waals surface area contributed by atoms with Crippen LogP contribution in [-0.2, 0) is 7.05 Å². The number of nitrogens with one attached hydrogen (secondary N) is 1. The fourth-order valence-corrected chi connectivity index (χ4v) is 2.52. The van der Waals surface area contributed by atoms with Gasteiger partial charge in [0.05, 0.1) is 12.7 Å². The quantitative estimate of drug-likeness (QED) is 0.782. The van der Waals surface area contributed by atoms with E-state index in [-0.39, 0.29) is 6.04 Å². The van der Waals surface area contributed by atoms with Gasteiger partial charge in [-0.05, 0) is 29.8 Å². The first-order valence-electron chi connectivity index (χ1n) is 7.45. The van der Waals surface area contributed by atoms with Crippen LogP contribution in [0.5, 0.6) is 5.75 Å². The first-order chi connectivity index (χ1) is 11.7. The Bertz CT molecular complexity index is 881. The van der Waals surface area contributed by atoms with E-state index < -0.39 is 0 Å². The molecule has 1 atom stereocenters. The van der Waals surface area contributed by atoms with Crippen LogP contribution in [0.1, 0.15) is 23.0 Å². The Balaban J connectivity index is 2.06. The summed E-state index contributed by atoms with van der Waals surface area (Å²) in [6.45, 7) is 0. The molecule has 0 aliphatic rings. The molecule has 0 fully saturated rings. The number of aryl methyl sites for hydroxylation is 1. The van der Waals surface area contributed by atoms with Gasteiger partial charge in [-0.2, -0.15) is 5.26 Å². The number of benzene rings is 1. The standard InChI is InChI=1S/C18H17N5O/c1-23-10-9-21-18(23)16(13-5-3-7-15(11-13)24-2)22-17-14(12-19)6-4-8-20-17/h3-11,16H,1-2H3,(H,20,22). The molecule has 2 heterocycles. The predicted molar refractivity (Wildman–Crippen MR) is 90.6 cm³/mol. The Morgan fingerprint density at radius 2 is 2.08 bits per heavy atom. The van der Waals surface area contributed by atoms with Crippen molar-refractivity contribution in [2.24, 2.45) is 7.05 Å². The fraction of sp³-hybridized carbons (Fsp3) is 0.167. The van der Waals surface area contributed by atoms with Crippen molar-refractivity contribution in [1.82, 2.24) is 14.5 Å². The molecule has 24 heavy (non-hydrogen) atoms. The molecule has 0 bridgehead atoms.